The molecule has 1 aromatic heterocycles. The molecule has 7 aromatic carbocycles. The van der Waals surface area contributed by atoms with E-state index in [0.29, 0.717) is 0 Å². The summed E-state index contributed by atoms with van der Waals surface area (Å²) in [6.45, 7) is 0. The second-order valence-electron chi connectivity index (χ2n) is 9.78. The smallest absolute Gasteiger partial charge is 0.0625 e. The van der Waals surface area contributed by atoms with E-state index in [4.69, 9.17) is 0 Å². The van der Waals surface area contributed by atoms with Crippen LogP contribution in [0.5, 0.6) is 0 Å². The molecule has 172 valence electrons. The van der Waals surface area contributed by atoms with Crippen LogP contribution in [0.2, 0.25) is 0 Å². The van der Waals surface area contributed by atoms with E-state index in [1.807, 2.05) is 0 Å². The predicted octanol–water partition coefficient (Wildman–Crippen LogP) is 9.91. The standard InChI is InChI=1S/C36H23N/c1-2-11-25-22-27(21-20-24(25)10-1)26-12-9-13-28(23-26)37-34-19-8-7-18-33(34)35-31-16-5-3-14-29(31)30-15-4-6-17-32(30)36(35)37/h1-23H. The third-order valence-electron chi connectivity index (χ3n) is 7.73. The zero-order chi connectivity index (χ0) is 24.3. The molecule has 0 aliphatic heterocycles. The lowest BCUT2D eigenvalue weighted by atomic mass is 9.97. The fourth-order valence-electron chi connectivity index (χ4n) is 6.09. The van der Waals surface area contributed by atoms with Gasteiger partial charge in [0.05, 0.1) is 11.0 Å². The molecule has 0 aliphatic carbocycles. The highest BCUT2D eigenvalue weighted by Gasteiger charge is 2.18. The summed E-state index contributed by atoms with van der Waals surface area (Å²) in [5, 5.41) is 10.3. The van der Waals surface area contributed by atoms with Crippen molar-refractivity contribution in [2.24, 2.45) is 0 Å². The second kappa shape index (κ2) is 7.81. The van der Waals surface area contributed by atoms with Gasteiger partial charge in [-0.2, -0.15) is 0 Å². The summed E-state index contributed by atoms with van der Waals surface area (Å²) >= 11 is 0. The number of fused-ring (bicyclic) bond motifs is 9. The third-order valence-corrected chi connectivity index (χ3v) is 7.73. The van der Waals surface area contributed by atoms with Crippen LogP contribution < -0.4 is 0 Å². The fraction of sp³-hybridized carbons (Fsp3) is 0. The van der Waals surface area contributed by atoms with Gasteiger partial charge in [0.15, 0.2) is 0 Å². The lowest BCUT2D eigenvalue weighted by molar-refractivity contribution is 1.19. The van der Waals surface area contributed by atoms with Gasteiger partial charge in [-0.15, -0.1) is 0 Å². The molecule has 0 atom stereocenters. The average Bonchev–Trinajstić information content (AvgIpc) is 3.33. The van der Waals surface area contributed by atoms with Crippen LogP contribution >= 0.6 is 0 Å². The minimum Gasteiger partial charge on any atom is -0.309 e. The molecule has 1 heterocycles. The van der Waals surface area contributed by atoms with Crippen molar-refractivity contribution >= 4 is 54.1 Å². The Labute approximate surface area is 214 Å². The SMILES string of the molecule is c1cc(-c2ccc3ccccc3c2)cc(-n2c3ccccc3c3c4ccccc4c4ccccc4c32)c1. The summed E-state index contributed by atoms with van der Waals surface area (Å²) in [6.07, 6.45) is 0. The lowest BCUT2D eigenvalue weighted by Gasteiger charge is -2.13. The van der Waals surface area contributed by atoms with Gasteiger partial charge < -0.3 is 4.57 Å². The van der Waals surface area contributed by atoms with Crippen molar-refractivity contribution in [3.05, 3.63) is 140 Å². The van der Waals surface area contributed by atoms with E-state index < -0.39 is 0 Å². The minimum absolute atomic E-state index is 1.18. The highest BCUT2D eigenvalue weighted by Crippen LogP contribution is 2.42. The van der Waals surface area contributed by atoms with Gasteiger partial charge in [0.25, 0.3) is 0 Å². The van der Waals surface area contributed by atoms with Crippen LogP contribution in [0.25, 0.3) is 70.9 Å². The normalized spacial score (nSPS) is 11.8. The molecule has 0 radical (unpaired) electrons. The van der Waals surface area contributed by atoms with E-state index >= 15 is 0 Å². The van der Waals surface area contributed by atoms with E-state index in [0.717, 1.165) is 0 Å². The highest BCUT2D eigenvalue weighted by atomic mass is 15.0. The maximum atomic E-state index is 2.46. The van der Waals surface area contributed by atoms with Crippen molar-refractivity contribution in [1.29, 1.82) is 0 Å². The molecule has 0 spiro atoms. The van der Waals surface area contributed by atoms with E-state index in [1.165, 1.54) is 70.9 Å². The molecule has 1 nitrogen and oxygen atoms in total. The van der Waals surface area contributed by atoms with Gasteiger partial charge in [-0.3, -0.25) is 0 Å². The number of rotatable bonds is 2. The summed E-state index contributed by atoms with van der Waals surface area (Å²) in [5.74, 6) is 0. The minimum atomic E-state index is 1.18. The summed E-state index contributed by atoms with van der Waals surface area (Å²) in [7, 11) is 0. The first-order valence-corrected chi connectivity index (χ1v) is 12.8. The Morgan fingerprint density at radius 1 is 0.378 bits per heavy atom. The summed E-state index contributed by atoms with van der Waals surface area (Å²) in [4.78, 5) is 0. The topological polar surface area (TPSA) is 4.93 Å². The monoisotopic (exact) mass is 469 g/mol. The molecule has 0 saturated carbocycles. The van der Waals surface area contributed by atoms with E-state index in [9.17, 15) is 0 Å². The fourth-order valence-corrected chi connectivity index (χ4v) is 6.09. The van der Waals surface area contributed by atoms with E-state index in [2.05, 4.69) is 144 Å². The Hall–Kier alpha value is -4.88. The third kappa shape index (κ3) is 2.98. The van der Waals surface area contributed by atoms with Crippen LogP contribution in [0.15, 0.2) is 140 Å². The maximum Gasteiger partial charge on any atom is 0.0625 e. The molecule has 1 heteroatoms. The van der Waals surface area contributed by atoms with Crippen molar-refractivity contribution in [2.45, 2.75) is 0 Å². The first kappa shape index (κ1) is 20.3. The van der Waals surface area contributed by atoms with Crippen molar-refractivity contribution in [3.63, 3.8) is 0 Å². The predicted molar refractivity (Wildman–Crippen MR) is 159 cm³/mol. The Kier molecular flexibility index (Phi) is 4.29. The largest absolute Gasteiger partial charge is 0.309 e. The molecule has 0 amide bonds. The Bertz CT molecular complexity index is 2140. The van der Waals surface area contributed by atoms with Crippen molar-refractivity contribution < 1.29 is 0 Å². The van der Waals surface area contributed by atoms with Gasteiger partial charge in [-0.25, -0.2) is 0 Å². The van der Waals surface area contributed by atoms with Gasteiger partial charge in [0, 0.05) is 21.8 Å². The van der Waals surface area contributed by atoms with Crippen LogP contribution in [0, 0.1) is 0 Å². The van der Waals surface area contributed by atoms with Gasteiger partial charge in [-0.1, -0.05) is 115 Å². The van der Waals surface area contributed by atoms with Gasteiger partial charge in [0.1, 0.15) is 0 Å². The van der Waals surface area contributed by atoms with Crippen LogP contribution in [0.1, 0.15) is 0 Å². The molecule has 8 aromatic rings. The van der Waals surface area contributed by atoms with E-state index in [1.54, 1.807) is 0 Å². The molecular weight excluding hydrogens is 446 g/mol. The number of para-hydroxylation sites is 1. The Morgan fingerprint density at radius 3 is 1.84 bits per heavy atom. The number of hydrogen-bond acceptors (Lipinski definition) is 0. The first-order chi connectivity index (χ1) is 18.4. The highest BCUT2D eigenvalue weighted by molar-refractivity contribution is 6.32. The molecule has 37 heavy (non-hydrogen) atoms. The Morgan fingerprint density at radius 2 is 1.00 bits per heavy atom. The van der Waals surface area contributed by atoms with Crippen LogP contribution in [-0.2, 0) is 0 Å². The number of aromatic nitrogens is 1. The van der Waals surface area contributed by atoms with Gasteiger partial charge in [0.2, 0.25) is 0 Å². The van der Waals surface area contributed by atoms with Crippen molar-refractivity contribution in [3.8, 4) is 16.8 Å². The number of nitrogens with zero attached hydrogens (tertiary/aromatic N) is 1. The molecule has 0 N–H and O–H groups in total. The van der Waals surface area contributed by atoms with Crippen LogP contribution in [0.3, 0.4) is 0 Å². The maximum absolute atomic E-state index is 2.46. The second-order valence-corrected chi connectivity index (χ2v) is 9.78. The number of benzene rings is 7. The van der Waals surface area contributed by atoms with Crippen molar-refractivity contribution in [1.82, 2.24) is 4.57 Å². The molecule has 0 unspecified atom stereocenters. The first-order valence-electron chi connectivity index (χ1n) is 12.8. The van der Waals surface area contributed by atoms with Crippen molar-refractivity contribution in [2.75, 3.05) is 0 Å². The van der Waals surface area contributed by atoms with E-state index in [-0.39, 0.29) is 0 Å². The lowest BCUT2D eigenvalue weighted by Crippen LogP contribution is -1.95. The molecule has 0 fully saturated rings. The summed E-state index contributed by atoms with van der Waals surface area (Å²) < 4.78 is 2.46. The Balaban J connectivity index is 1.49. The quantitative estimate of drug-likeness (QED) is 0.222. The molecular formula is C36H23N. The molecule has 0 aliphatic rings. The zero-order valence-corrected chi connectivity index (χ0v) is 20.2. The summed E-state index contributed by atoms with van der Waals surface area (Å²) in [6, 6.07) is 50.8. The molecule has 0 saturated heterocycles. The average molecular weight is 470 g/mol. The van der Waals surface area contributed by atoms with Gasteiger partial charge in [-0.05, 0) is 62.3 Å². The summed E-state index contributed by atoms with van der Waals surface area (Å²) in [5.41, 5.74) is 6.13. The number of hydrogen-bond donors (Lipinski definition) is 0. The van der Waals surface area contributed by atoms with Crippen LogP contribution in [0.4, 0.5) is 0 Å². The zero-order valence-electron chi connectivity index (χ0n) is 20.2. The van der Waals surface area contributed by atoms with Gasteiger partial charge >= 0.3 is 0 Å². The van der Waals surface area contributed by atoms with Crippen LogP contribution in [-0.4, -0.2) is 4.57 Å². The molecule has 0 bridgehead atoms. The molecule has 8 rings (SSSR count).